The molecule has 0 saturated carbocycles. The van der Waals surface area contributed by atoms with Crippen LogP contribution in [0.4, 0.5) is 0 Å². The van der Waals surface area contributed by atoms with Gasteiger partial charge >= 0.3 is 5.97 Å². The van der Waals surface area contributed by atoms with Crippen molar-refractivity contribution in [1.82, 2.24) is 0 Å². The number of carbonyl (C=O) groups excluding carboxylic acids is 1. The lowest BCUT2D eigenvalue weighted by molar-refractivity contribution is -0.133. The molecule has 0 fully saturated rings. The van der Waals surface area contributed by atoms with Crippen LogP contribution in [0.3, 0.4) is 0 Å². The third-order valence-corrected chi connectivity index (χ3v) is 3.09. The average molecular weight is 328 g/mol. The Morgan fingerprint density at radius 2 is 1.58 bits per heavy atom. The lowest BCUT2D eigenvalue weighted by atomic mass is 10.0. The maximum absolute atomic E-state index is 11.9. The SMILES string of the molecule is CC.COC=C(C(=O)OC)c1ccccc1COc1ccccc1. The molecular weight excluding hydrogens is 304 g/mol. The van der Waals surface area contributed by atoms with Crippen LogP contribution < -0.4 is 4.74 Å². The van der Waals surface area contributed by atoms with Gasteiger partial charge in [0.1, 0.15) is 17.9 Å². The van der Waals surface area contributed by atoms with E-state index in [0.717, 1.165) is 16.9 Å². The van der Waals surface area contributed by atoms with Gasteiger partial charge in [-0.15, -0.1) is 0 Å². The molecule has 0 aliphatic heterocycles. The Kier molecular flexibility index (Phi) is 8.76. The highest BCUT2D eigenvalue weighted by Crippen LogP contribution is 2.22. The maximum atomic E-state index is 11.9. The minimum Gasteiger partial charge on any atom is -0.503 e. The molecule has 0 aliphatic rings. The summed E-state index contributed by atoms with van der Waals surface area (Å²) in [5, 5.41) is 0. The fourth-order valence-corrected chi connectivity index (χ4v) is 2.04. The second-order valence-corrected chi connectivity index (χ2v) is 4.52. The first-order valence-electron chi connectivity index (χ1n) is 7.83. The molecule has 0 N–H and O–H groups in total. The van der Waals surface area contributed by atoms with Gasteiger partial charge in [0.25, 0.3) is 0 Å². The van der Waals surface area contributed by atoms with Crippen LogP contribution in [0.25, 0.3) is 5.57 Å². The van der Waals surface area contributed by atoms with Crippen molar-refractivity contribution in [3.8, 4) is 5.75 Å². The van der Waals surface area contributed by atoms with E-state index in [1.807, 2.05) is 68.4 Å². The second-order valence-electron chi connectivity index (χ2n) is 4.52. The van der Waals surface area contributed by atoms with Gasteiger partial charge in [0.05, 0.1) is 20.5 Å². The van der Waals surface area contributed by atoms with E-state index in [4.69, 9.17) is 14.2 Å². The zero-order chi connectivity index (χ0) is 17.8. The van der Waals surface area contributed by atoms with E-state index in [1.54, 1.807) is 0 Å². The Bertz CT molecular complexity index is 648. The average Bonchev–Trinajstić information content (AvgIpc) is 2.66. The molecule has 24 heavy (non-hydrogen) atoms. The van der Waals surface area contributed by atoms with Gasteiger partial charge < -0.3 is 14.2 Å². The molecule has 0 spiro atoms. The van der Waals surface area contributed by atoms with Crippen molar-refractivity contribution >= 4 is 11.5 Å². The topological polar surface area (TPSA) is 44.8 Å². The lowest BCUT2D eigenvalue weighted by Crippen LogP contribution is -2.08. The monoisotopic (exact) mass is 328 g/mol. The Labute approximate surface area is 143 Å². The largest absolute Gasteiger partial charge is 0.503 e. The standard InChI is InChI=1S/C18H18O4.C2H6/c1-20-13-17(18(19)21-2)16-11-7-6-8-14(16)12-22-15-9-4-3-5-10-15;1-2/h3-11,13H,12H2,1-2H3;1-2H3. The van der Waals surface area contributed by atoms with Gasteiger partial charge in [-0.1, -0.05) is 56.3 Å². The van der Waals surface area contributed by atoms with Crippen LogP contribution >= 0.6 is 0 Å². The molecule has 2 aromatic carbocycles. The van der Waals surface area contributed by atoms with E-state index in [-0.39, 0.29) is 0 Å². The summed E-state index contributed by atoms with van der Waals surface area (Å²) < 4.78 is 15.6. The molecule has 0 atom stereocenters. The van der Waals surface area contributed by atoms with Gasteiger partial charge in [-0.05, 0) is 23.3 Å². The number of hydrogen-bond acceptors (Lipinski definition) is 4. The molecule has 4 nitrogen and oxygen atoms in total. The van der Waals surface area contributed by atoms with E-state index < -0.39 is 5.97 Å². The number of rotatable bonds is 6. The van der Waals surface area contributed by atoms with Crippen molar-refractivity contribution in [3.05, 3.63) is 72.0 Å². The molecule has 0 aliphatic carbocycles. The molecule has 4 heteroatoms. The highest BCUT2D eigenvalue weighted by molar-refractivity contribution is 6.16. The number of esters is 1. The number of para-hydroxylation sites is 1. The van der Waals surface area contributed by atoms with Crippen molar-refractivity contribution in [1.29, 1.82) is 0 Å². The van der Waals surface area contributed by atoms with E-state index >= 15 is 0 Å². The van der Waals surface area contributed by atoms with E-state index in [1.165, 1.54) is 20.5 Å². The first kappa shape index (κ1) is 19.3. The van der Waals surface area contributed by atoms with Crippen LogP contribution in [0.2, 0.25) is 0 Å². The van der Waals surface area contributed by atoms with Gasteiger partial charge in [-0.25, -0.2) is 4.79 Å². The van der Waals surface area contributed by atoms with Crippen LogP contribution in [0.1, 0.15) is 25.0 Å². The quantitative estimate of drug-likeness (QED) is 0.446. The van der Waals surface area contributed by atoms with Gasteiger partial charge in [0.2, 0.25) is 0 Å². The van der Waals surface area contributed by atoms with Crippen LogP contribution in [0, 0.1) is 0 Å². The van der Waals surface area contributed by atoms with Crippen LogP contribution in [-0.2, 0) is 20.9 Å². The van der Waals surface area contributed by atoms with Crippen molar-refractivity contribution < 1.29 is 19.0 Å². The van der Waals surface area contributed by atoms with E-state index in [9.17, 15) is 4.79 Å². The second kappa shape index (κ2) is 10.9. The predicted molar refractivity (Wildman–Crippen MR) is 95.6 cm³/mol. The first-order chi connectivity index (χ1) is 11.8. The summed E-state index contributed by atoms with van der Waals surface area (Å²) in [6, 6.07) is 17.0. The minimum atomic E-state index is -0.450. The third-order valence-electron chi connectivity index (χ3n) is 3.09. The number of hydrogen-bond donors (Lipinski definition) is 0. The first-order valence-corrected chi connectivity index (χ1v) is 7.83. The van der Waals surface area contributed by atoms with Crippen molar-refractivity contribution in [2.24, 2.45) is 0 Å². The zero-order valence-corrected chi connectivity index (χ0v) is 14.6. The van der Waals surface area contributed by atoms with Crippen molar-refractivity contribution in [2.45, 2.75) is 20.5 Å². The predicted octanol–water partition coefficient (Wildman–Crippen LogP) is 4.45. The number of methoxy groups -OCH3 is 2. The van der Waals surface area contributed by atoms with Gasteiger partial charge in [0.15, 0.2) is 0 Å². The van der Waals surface area contributed by atoms with E-state index in [2.05, 4.69) is 0 Å². The van der Waals surface area contributed by atoms with Gasteiger partial charge in [0, 0.05) is 0 Å². The fraction of sp³-hybridized carbons (Fsp3) is 0.250. The van der Waals surface area contributed by atoms with E-state index in [0.29, 0.717) is 12.2 Å². The van der Waals surface area contributed by atoms with Crippen molar-refractivity contribution in [3.63, 3.8) is 0 Å². The maximum Gasteiger partial charge on any atom is 0.341 e. The van der Waals surface area contributed by atoms with Crippen LogP contribution in [0.15, 0.2) is 60.9 Å². The molecule has 0 heterocycles. The van der Waals surface area contributed by atoms with Crippen molar-refractivity contribution in [2.75, 3.05) is 14.2 Å². The molecule has 0 unspecified atom stereocenters. The lowest BCUT2D eigenvalue weighted by Gasteiger charge is -2.12. The van der Waals surface area contributed by atoms with Crippen LogP contribution in [-0.4, -0.2) is 20.2 Å². The minimum absolute atomic E-state index is 0.345. The highest BCUT2D eigenvalue weighted by Gasteiger charge is 2.16. The highest BCUT2D eigenvalue weighted by atomic mass is 16.5. The zero-order valence-electron chi connectivity index (χ0n) is 14.6. The summed E-state index contributed by atoms with van der Waals surface area (Å²) in [6.45, 7) is 4.35. The molecule has 0 amide bonds. The summed E-state index contributed by atoms with van der Waals surface area (Å²) in [5.74, 6) is 0.321. The Balaban J connectivity index is 0.00000139. The van der Waals surface area contributed by atoms with Gasteiger partial charge in [-0.2, -0.15) is 0 Å². The molecule has 0 radical (unpaired) electrons. The Morgan fingerprint density at radius 3 is 2.21 bits per heavy atom. The Morgan fingerprint density at radius 1 is 0.958 bits per heavy atom. The summed E-state index contributed by atoms with van der Waals surface area (Å²) in [6.07, 6.45) is 1.38. The normalized spacial score (nSPS) is 10.2. The smallest absolute Gasteiger partial charge is 0.341 e. The molecule has 0 saturated heterocycles. The molecule has 0 aromatic heterocycles. The fourth-order valence-electron chi connectivity index (χ4n) is 2.04. The summed E-state index contributed by atoms with van der Waals surface area (Å²) >= 11 is 0. The number of ether oxygens (including phenoxy) is 3. The molecule has 128 valence electrons. The Hall–Kier alpha value is -2.75. The summed E-state index contributed by atoms with van der Waals surface area (Å²) in [4.78, 5) is 11.9. The van der Waals surface area contributed by atoms with Crippen LogP contribution in [0.5, 0.6) is 5.75 Å². The van der Waals surface area contributed by atoms with Gasteiger partial charge in [-0.3, -0.25) is 0 Å². The third kappa shape index (κ3) is 5.47. The molecule has 2 aromatic rings. The number of carbonyl (C=O) groups is 1. The number of benzene rings is 2. The molecule has 2 rings (SSSR count). The molecule has 0 bridgehead atoms. The summed E-state index contributed by atoms with van der Waals surface area (Å²) in [5.41, 5.74) is 1.96. The summed E-state index contributed by atoms with van der Waals surface area (Å²) in [7, 11) is 2.83. The molecular formula is C20H24O4.